The fourth-order valence-corrected chi connectivity index (χ4v) is 4.10. The first-order valence-corrected chi connectivity index (χ1v) is 11.6. The van der Waals surface area contributed by atoms with E-state index in [9.17, 15) is 14.7 Å². The number of carbonyl (C=O) groups is 2. The molecule has 0 saturated carbocycles. The summed E-state index contributed by atoms with van der Waals surface area (Å²) in [6, 6.07) is 10.5. The van der Waals surface area contributed by atoms with Crippen LogP contribution in [-0.2, 0) is 22.5 Å². The van der Waals surface area contributed by atoms with Crippen LogP contribution in [0.25, 0.3) is 0 Å². The lowest BCUT2D eigenvalue weighted by molar-refractivity contribution is -0.159. The van der Waals surface area contributed by atoms with Crippen LogP contribution >= 0.6 is 11.6 Å². The first-order valence-electron chi connectivity index (χ1n) is 11.2. The minimum Gasteiger partial charge on any atom is -0.494 e. The van der Waals surface area contributed by atoms with Gasteiger partial charge in [0.1, 0.15) is 11.5 Å². The van der Waals surface area contributed by atoms with E-state index < -0.39 is 11.6 Å². The fourth-order valence-electron chi connectivity index (χ4n) is 3.85. The average Bonchev–Trinajstić information content (AvgIpc) is 3.27. The van der Waals surface area contributed by atoms with Gasteiger partial charge in [-0.05, 0) is 56.0 Å². The number of carbonyl (C=O) groups excluding carboxylic acids is 1. The molecule has 1 saturated heterocycles. The van der Waals surface area contributed by atoms with E-state index in [1.54, 1.807) is 24.3 Å². The van der Waals surface area contributed by atoms with Crippen molar-refractivity contribution in [3.05, 3.63) is 58.1 Å². The van der Waals surface area contributed by atoms with Crippen LogP contribution in [0.4, 0.5) is 0 Å². The van der Waals surface area contributed by atoms with E-state index in [2.05, 4.69) is 5.32 Å². The Morgan fingerprint density at radius 1 is 1.18 bits per heavy atom. The second-order valence-corrected chi connectivity index (χ2v) is 8.38. The topological polar surface area (TPSA) is 94.1 Å². The molecule has 178 valence electrons. The SMILES string of the molecule is CCCOc1ccc(C(=O)NCc2cc(C[C@@]3(C(=O)O)CCCO3)ccc2OCC)c(Cl)c1. The lowest BCUT2D eigenvalue weighted by atomic mass is 9.91. The summed E-state index contributed by atoms with van der Waals surface area (Å²) in [5.41, 5.74) is 0.699. The molecule has 0 aliphatic carbocycles. The van der Waals surface area contributed by atoms with E-state index in [1.807, 2.05) is 26.0 Å². The third kappa shape index (κ3) is 6.18. The Labute approximate surface area is 199 Å². The lowest BCUT2D eigenvalue weighted by Gasteiger charge is -2.24. The number of rotatable bonds is 11. The average molecular weight is 476 g/mol. The molecule has 0 unspecified atom stereocenters. The molecule has 1 fully saturated rings. The summed E-state index contributed by atoms with van der Waals surface area (Å²) in [4.78, 5) is 24.6. The van der Waals surface area contributed by atoms with Gasteiger partial charge in [-0.1, -0.05) is 30.7 Å². The molecule has 1 aliphatic heterocycles. The Morgan fingerprint density at radius 3 is 2.64 bits per heavy atom. The highest BCUT2D eigenvalue weighted by molar-refractivity contribution is 6.34. The molecule has 0 aromatic heterocycles. The Hall–Kier alpha value is -2.77. The first kappa shape index (κ1) is 24.9. The zero-order valence-electron chi connectivity index (χ0n) is 19.0. The van der Waals surface area contributed by atoms with Crippen LogP contribution in [0.2, 0.25) is 5.02 Å². The van der Waals surface area contributed by atoms with E-state index in [4.69, 9.17) is 25.8 Å². The van der Waals surface area contributed by atoms with E-state index in [1.165, 1.54) is 0 Å². The van der Waals surface area contributed by atoms with Gasteiger partial charge in [0.15, 0.2) is 5.60 Å². The number of nitrogens with one attached hydrogen (secondary N) is 1. The minimum atomic E-state index is -1.21. The van der Waals surface area contributed by atoms with Gasteiger partial charge in [0.25, 0.3) is 5.91 Å². The van der Waals surface area contributed by atoms with Gasteiger partial charge in [-0.25, -0.2) is 4.79 Å². The summed E-state index contributed by atoms with van der Waals surface area (Å²) in [7, 11) is 0. The highest BCUT2D eigenvalue weighted by Gasteiger charge is 2.43. The van der Waals surface area contributed by atoms with Crippen molar-refractivity contribution in [2.75, 3.05) is 19.8 Å². The molecule has 2 aromatic rings. The molecule has 0 spiro atoms. The molecule has 3 rings (SSSR count). The number of hydrogen-bond acceptors (Lipinski definition) is 5. The molecule has 2 N–H and O–H groups in total. The smallest absolute Gasteiger partial charge is 0.336 e. The van der Waals surface area contributed by atoms with Crippen molar-refractivity contribution < 1.29 is 28.9 Å². The predicted octanol–water partition coefficient (Wildman–Crippen LogP) is 4.63. The van der Waals surface area contributed by atoms with Crippen LogP contribution in [0.15, 0.2) is 36.4 Å². The van der Waals surface area contributed by atoms with Gasteiger partial charge in [0.2, 0.25) is 0 Å². The molecule has 33 heavy (non-hydrogen) atoms. The monoisotopic (exact) mass is 475 g/mol. The third-order valence-corrected chi connectivity index (χ3v) is 5.82. The maximum atomic E-state index is 12.8. The number of halogens is 1. The van der Waals surface area contributed by atoms with Crippen molar-refractivity contribution in [2.24, 2.45) is 0 Å². The van der Waals surface area contributed by atoms with Gasteiger partial charge in [0, 0.05) is 25.1 Å². The van der Waals surface area contributed by atoms with Crippen LogP contribution in [0.1, 0.15) is 54.6 Å². The number of carboxylic acid groups (broad SMARTS) is 1. The second kappa shape index (κ2) is 11.4. The van der Waals surface area contributed by atoms with Gasteiger partial charge in [-0.2, -0.15) is 0 Å². The lowest BCUT2D eigenvalue weighted by Crippen LogP contribution is -2.40. The van der Waals surface area contributed by atoms with Crippen LogP contribution < -0.4 is 14.8 Å². The molecule has 2 aromatic carbocycles. The maximum absolute atomic E-state index is 12.8. The van der Waals surface area contributed by atoms with Crippen molar-refractivity contribution in [1.29, 1.82) is 0 Å². The summed E-state index contributed by atoms with van der Waals surface area (Å²) in [5.74, 6) is -0.0281. The Kier molecular flexibility index (Phi) is 8.58. The molecule has 7 nitrogen and oxygen atoms in total. The van der Waals surface area contributed by atoms with Crippen molar-refractivity contribution in [2.45, 2.75) is 51.7 Å². The standard InChI is InChI=1S/C25H30ClNO6/c1-3-11-32-19-7-8-20(21(26)14-19)23(28)27-16-18-13-17(6-9-22(18)31-4-2)15-25(24(29)30)10-5-12-33-25/h6-9,13-14H,3-5,10-12,15-16H2,1-2H3,(H,27,28)(H,29,30)/t25-/m1/s1. The Morgan fingerprint density at radius 2 is 2.00 bits per heavy atom. The maximum Gasteiger partial charge on any atom is 0.336 e. The van der Waals surface area contributed by atoms with Gasteiger partial charge in [0.05, 0.1) is 23.8 Å². The molecule has 8 heteroatoms. The van der Waals surface area contributed by atoms with Gasteiger partial charge in [-0.15, -0.1) is 0 Å². The summed E-state index contributed by atoms with van der Waals surface area (Å²) in [6.07, 6.45) is 2.31. The number of ether oxygens (including phenoxy) is 3. The summed E-state index contributed by atoms with van der Waals surface area (Å²) >= 11 is 6.30. The molecule has 0 radical (unpaired) electrons. The number of hydrogen-bond donors (Lipinski definition) is 2. The molecule has 1 atom stereocenters. The van der Waals surface area contributed by atoms with Crippen molar-refractivity contribution >= 4 is 23.5 Å². The van der Waals surface area contributed by atoms with E-state index in [0.717, 1.165) is 24.0 Å². The number of carboxylic acids is 1. The minimum absolute atomic E-state index is 0.202. The predicted molar refractivity (Wildman–Crippen MR) is 125 cm³/mol. The zero-order valence-corrected chi connectivity index (χ0v) is 19.7. The summed E-state index contributed by atoms with van der Waals surface area (Å²) < 4.78 is 16.9. The third-order valence-electron chi connectivity index (χ3n) is 5.50. The Bertz CT molecular complexity index is 987. The number of amides is 1. The summed E-state index contributed by atoms with van der Waals surface area (Å²) in [5, 5.41) is 12.9. The van der Waals surface area contributed by atoms with Crippen molar-refractivity contribution in [3.63, 3.8) is 0 Å². The van der Waals surface area contributed by atoms with E-state index >= 15 is 0 Å². The molecule has 1 aliphatic rings. The fraction of sp³-hybridized carbons (Fsp3) is 0.440. The van der Waals surface area contributed by atoms with Crippen LogP contribution in [0, 0.1) is 0 Å². The van der Waals surface area contributed by atoms with Crippen molar-refractivity contribution in [1.82, 2.24) is 5.32 Å². The summed E-state index contributed by atoms with van der Waals surface area (Å²) in [6.45, 7) is 5.57. The highest BCUT2D eigenvalue weighted by atomic mass is 35.5. The molecule has 0 bridgehead atoms. The first-order chi connectivity index (χ1) is 15.9. The second-order valence-electron chi connectivity index (χ2n) is 7.98. The quantitative estimate of drug-likeness (QED) is 0.492. The van der Waals surface area contributed by atoms with Gasteiger partial charge in [-0.3, -0.25) is 4.79 Å². The largest absolute Gasteiger partial charge is 0.494 e. The molecular formula is C25H30ClNO6. The van der Waals surface area contributed by atoms with Gasteiger partial charge >= 0.3 is 5.97 Å². The van der Waals surface area contributed by atoms with E-state index in [-0.39, 0.29) is 18.9 Å². The Balaban J connectivity index is 1.74. The van der Waals surface area contributed by atoms with E-state index in [0.29, 0.717) is 48.3 Å². The molecular weight excluding hydrogens is 446 g/mol. The zero-order chi connectivity index (χ0) is 23.8. The van der Waals surface area contributed by atoms with Gasteiger partial charge < -0.3 is 24.6 Å². The van der Waals surface area contributed by atoms with Crippen LogP contribution in [-0.4, -0.2) is 42.4 Å². The highest BCUT2D eigenvalue weighted by Crippen LogP contribution is 2.32. The molecule has 1 heterocycles. The number of aliphatic carboxylic acids is 1. The van der Waals surface area contributed by atoms with Crippen molar-refractivity contribution in [3.8, 4) is 11.5 Å². The normalized spacial score (nSPS) is 17.5. The molecule has 1 amide bonds. The van der Waals surface area contributed by atoms with Crippen LogP contribution in [0.3, 0.4) is 0 Å². The number of benzene rings is 2. The van der Waals surface area contributed by atoms with Crippen LogP contribution in [0.5, 0.6) is 11.5 Å².